The molecule has 0 bridgehead atoms. The van der Waals surface area contributed by atoms with E-state index in [9.17, 15) is 20.3 Å². The zero-order chi connectivity index (χ0) is 28.3. The number of nitriles is 1. The van der Waals surface area contributed by atoms with Crippen molar-refractivity contribution in [3.63, 3.8) is 0 Å². The van der Waals surface area contributed by atoms with Crippen molar-refractivity contribution in [2.24, 2.45) is 0 Å². The highest BCUT2D eigenvalue weighted by Gasteiger charge is 2.21. The minimum Gasteiger partial charge on any atom is -0.486 e. The van der Waals surface area contributed by atoms with Crippen LogP contribution in [0, 0.1) is 23.7 Å². The van der Waals surface area contributed by atoms with E-state index >= 15 is 0 Å². The molecule has 0 unspecified atom stereocenters. The minimum atomic E-state index is -0.388. The van der Waals surface area contributed by atoms with Crippen LogP contribution >= 0.6 is 0 Å². The molecule has 2 aromatic carbocycles. The lowest BCUT2D eigenvalue weighted by molar-refractivity contribution is -0.111. The number of terminal acetylenes is 1. The zero-order valence-corrected chi connectivity index (χ0v) is 22.0. The summed E-state index contributed by atoms with van der Waals surface area (Å²) in [6.07, 6.45) is 10.6. The summed E-state index contributed by atoms with van der Waals surface area (Å²) >= 11 is 0. The maximum absolute atomic E-state index is 12.9. The van der Waals surface area contributed by atoms with Gasteiger partial charge in [-0.25, -0.2) is 0 Å². The Bertz CT molecular complexity index is 1450. The fourth-order valence-corrected chi connectivity index (χ4v) is 4.31. The second-order valence-corrected chi connectivity index (χ2v) is 9.12. The molecule has 1 atom stereocenters. The quantitative estimate of drug-likeness (QED) is 0.201. The topological polar surface area (TPSA) is 140 Å². The molecule has 3 aromatic rings. The van der Waals surface area contributed by atoms with Crippen LogP contribution in [0.4, 0.5) is 17.1 Å². The number of benzene rings is 2. The van der Waals surface area contributed by atoms with Crippen molar-refractivity contribution in [1.82, 2.24) is 9.88 Å². The van der Waals surface area contributed by atoms with Crippen LogP contribution < -0.4 is 15.4 Å². The summed E-state index contributed by atoms with van der Waals surface area (Å²) < 4.78 is 11.6. The summed E-state index contributed by atoms with van der Waals surface area (Å²) in [5, 5.41) is 35.0. The van der Waals surface area contributed by atoms with Crippen LogP contribution in [0.25, 0.3) is 10.9 Å². The molecule has 1 saturated heterocycles. The SMILES string of the molecule is C#Cc1cccc(Nc2c(C#N)cnc3cc(O[C@H]4CCOC4)c(NC(=O)/C=C/CN(CCO)CCO)cc23)c1. The van der Waals surface area contributed by atoms with Gasteiger partial charge in [0.2, 0.25) is 5.91 Å². The fourth-order valence-electron chi connectivity index (χ4n) is 4.31. The molecule has 4 rings (SSSR count). The number of nitrogens with one attached hydrogen (secondary N) is 2. The molecule has 40 heavy (non-hydrogen) atoms. The summed E-state index contributed by atoms with van der Waals surface area (Å²) in [7, 11) is 0. The van der Waals surface area contributed by atoms with Crippen LogP contribution in [-0.2, 0) is 9.53 Å². The molecular formula is C30H31N5O5. The van der Waals surface area contributed by atoms with Gasteiger partial charge in [0.1, 0.15) is 17.9 Å². The Kier molecular flexibility index (Phi) is 10.1. The Morgan fingerprint density at radius 1 is 1.27 bits per heavy atom. The number of carbonyl (C=O) groups excluding carboxylic acids is 1. The van der Waals surface area contributed by atoms with Gasteiger partial charge in [-0.1, -0.05) is 18.1 Å². The van der Waals surface area contributed by atoms with Gasteiger partial charge in [-0.2, -0.15) is 5.26 Å². The first-order chi connectivity index (χ1) is 19.5. The number of nitrogens with zero attached hydrogens (tertiary/aromatic N) is 3. The molecular weight excluding hydrogens is 510 g/mol. The molecule has 1 aliphatic rings. The van der Waals surface area contributed by atoms with E-state index in [-0.39, 0.29) is 25.2 Å². The normalized spacial score (nSPS) is 14.8. The number of ether oxygens (including phenoxy) is 2. The first-order valence-corrected chi connectivity index (χ1v) is 12.9. The second kappa shape index (κ2) is 14.1. The minimum absolute atomic E-state index is 0.0508. The molecule has 1 fully saturated rings. The maximum atomic E-state index is 12.9. The van der Waals surface area contributed by atoms with Crippen molar-refractivity contribution in [1.29, 1.82) is 5.26 Å². The van der Waals surface area contributed by atoms with Crippen molar-refractivity contribution in [3.05, 3.63) is 65.9 Å². The number of carbonyl (C=O) groups is 1. The summed E-state index contributed by atoms with van der Waals surface area (Å²) in [5.74, 6) is 2.65. The van der Waals surface area contributed by atoms with E-state index in [0.29, 0.717) is 77.7 Å². The number of aromatic nitrogens is 1. The average Bonchev–Trinajstić information content (AvgIpc) is 3.47. The molecule has 10 heteroatoms. The molecule has 206 valence electrons. The van der Waals surface area contributed by atoms with Crippen LogP contribution in [0.1, 0.15) is 17.5 Å². The highest BCUT2D eigenvalue weighted by atomic mass is 16.5. The number of aliphatic hydroxyl groups is 2. The smallest absolute Gasteiger partial charge is 0.248 e. The van der Waals surface area contributed by atoms with Gasteiger partial charge >= 0.3 is 0 Å². The summed E-state index contributed by atoms with van der Waals surface area (Å²) in [5.41, 5.74) is 3.21. The largest absolute Gasteiger partial charge is 0.486 e. The molecule has 0 aliphatic carbocycles. The van der Waals surface area contributed by atoms with Gasteiger partial charge in [-0.05, 0) is 24.3 Å². The average molecular weight is 542 g/mol. The molecule has 1 aliphatic heterocycles. The van der Waals surface area contributed by atoms with Crippen molar-refractivity contribution in [3.8, 4) is 24.2 Å². The Hall–Kier alpha value is -4.45. The van der Waals surface area contributed by atoms with Gasteiger partial charge in [0.25, 0.3) is 0 Å². The third-order valence-electron chi connectivity index (χ3n) is 6.29. The standard InChI is InChI=1S/C30H31N5O5/c1-2-21-5-3-6-23(15-21)33-30-22(18-31)19-32-26-17-28(40-24-8-14-39-20-24)27(16-25(26)30)34-29(38)7-4-9-35(10-12-36)11-13-37/h1,3-7,15-17,19,24,36-37H,8-14,20H2,(H,32,33)(H,34,38)/b7-4+/t24-/m0/s1. The Balaban J connectivity index is 1.68. The van der Waals surface area contributed by atoms with Gasteiger partial charge in [0.15, 0.2) is 0 Å². The lowest BCUT2D eigenvalue weighted by Gasteiger charge is -2.19. The van der Waals surface area contributed by atoms with Crippen LogP contribution in [-0.4, -0.2) is 78.2 Å². The maximum Gasteiger partial charge on any atom is 0.248 e. The third kappa shape index (κ3) is 7.35. The lowest BCUT2D eigenvalue weighted by atomic mass is 10.1. The van der Waals surface area contributed by atoms with E-state index in [1.54, 1.807) is 24.3 Å². The van der Waals surface area contributed by atoms with Crippen molar-refractivity contribution in [2.75, 3.05) is 56.7 Å². The van der Waals surface area contributed by atoms with Crippen molar-refractivity contribution in [2.45, 2.75) is 12.5 Å². The Labute approximate surface area is 232 Å². The number of amides is 1. The summed E-state index contributed by atoms with van der Waals surface area (Å²) in [4.78, 5) is 19.2. The predicted octanol–water partition coefficient (Wildman–Crippen LogP) is 2.78. The number of hydrogen-bond acceptors (Lipinski definition) is 9. The van der Waals surface area contributed by atoms with Gasteiger partial charge in [-0.3, -0.25) is 14.7 Å². The number of pyridine rings is 1. The molecule has 10 nitrogen and oxygen atoms in total. The van der Waals surface area contributed by atoms with Gasteiger partial charge in [-0.15, -0.1) is 6.42 Å². The lowest BCUT2D eigenvalue weighted by Crippen LogP contribution is -2.30. The summed E-state index contributed by atoms with van der Waals surface area (Å²) in [6, 6.07) is 12.9. The molecule has 1 aromatic heterocycles. The molecule has 0 spiro atoms. The van der Waals surface area contributed by atoms with Gasteiger partial charge in [0, 0.05) is 61.0 Å². The highest BCUT2D eigenvalue weighted by Crippen LogP contribution is 2.37. The number of fused-ring (bicyclic) bond motifs is 1. The van der Waals surface area contributed by atoms with E-state index in [1.165, 1.54) is 12.3 Å². The van der Waals surface area contributed by atoms with E-state index < -0.39 is 0 Å². The number of hydrogen-bond donors (Lipinski definition) is 4. The molecule has 4 N–H and O–H groups in total. The van der Waals surface area contributed by atoms with Crippen LogP contribution in [0.2, 0.25) is 0 Å². The first-order valence-electron chi connectivity index (χ1n) is 12.9. The fraction of sp³-hybridized carbons (Fsp3) is 0.300. The van der Waals surface area contributed by atoms with Crippen molar-refractivity contribution < 1.29 is 24.5 Å². The molecule has 1 amide bonds. The number of aliphatic hydroxyl groups excluding tert-OH is 2. The van der Waals surface area contributed by atoms with E-state index in [2.05, 4.69) is 27.6 Å². The number of anilines is 3. The third-order valence-corrected chi connectivity index (χ3v) is 6.29. The van der Waals surface area contributed by atoms with Gasteiger partial charge < -0.3 is 30.3 Å². The zero-order valence-electron chi connectivity index (χ0n) is 22.0. The molecule has 0 radical (unpaired) electrons. The predicted molar refractivity (Wildman–Crippen MR) is 152 cm³/mol. The van der Waals surface area contributed by atoms with Crippen LogP contribution in [0.15, 0.2) is 54.7 Å². The van der Waals surface area contributed by atoms with Gasteiger partial charge in [0.05, 0.1) is 48.9 Å². The summed E-state index contributed by atoms with van der Waals surface area (Å²) in [6.45, 7) is 2.08. The molecule has 2 heterocycles. The van der Waals surface area contributed by atoms with E-state index in [4.69, 9.17) is 15.9 Å². The van der Waals surface area contributed by atoms with Crippen molar-refractivity contribution >= 4 is 33.9 Å². The van der Waals surface area contributed by atoms with Crippen LogP contribution in [0.3, 0.4) is 0 Å². The Morgan fingerprint density at radius 3 is 2.80 bits per heavy atom. The Morgan fingerprint density at radius 2 is 2.10 bits per heavy atom. The number of rotatable bonds is 12. The van der Waals surface area contributed by atoms with E-state index in [0.717, 1.165) is 6.42 Å². The second-order valence-electron chi connectivity index (χ2n) is 9.12. The monoisotopic (exact) mass is 541 g/mol. The van der Waals surface area contributed by atoms with E-state index in [1.807, 2.05) is 23.1 Å². The van der Waals surface area contributed by atoms with Crippen LogP contribution in [0.5, 0.6) is 5.75 Å². The highest BCUT2D eigenvalue weighted by molar-refractivity contribution is 6.04. The first kappa shape index (κ1) is 28.6. The molecule has 0 saturated carbocycles.